The molecular formula is C17H21NO4. The zero-order valence-corrected chi connectivity index (χ0v) is 13.0. The molecule has 1 unspecified atom stereocenters. The van der Waals surface area contributed by atoms with Gasteiger partial charge in [0.15, 0.2) is 6.61 Å². The van der Waals surface area contributed by atoms with Crippen molar-refractivity contribution in [3.8, 4) is 0 Å². The third kappa shape index (κ3) is 5.00. The Morgan fingerprint density at radius 2 is 2.09 bits per heavy atom. The van der Waals surface area contributed by atoms with E-state index in [4.69, 9.17) is 9.47 Å². The second-order valence-electron chi connectivity index (χ2n) is 5.37. The van der Waals surface area contributed by atoms with Gasteiger partial charge in [0, 0.05) is 19.2 Å². The Kier molecular flexibility index (Phi) is 5.72. The van der Waals surface area contributed by atoms with Crippen molar-refractivity contribution in [2.75, 3.05) is 26.3 Å². The van der Waals surface area contributed by atoms with Gasteiger partial charge in [-0.05, 0) is 25.5 Å². The molecular weight excluding hydrogens is 282 g/mol. The van der Waals surface area contributed by atoms with E-state index in [9.17, 15) is 9.59 Å². The molecule has 1 atom stereocenters. The van der Waals surface area contributed by atoms with Crippen LogP contribution in [0.2, 0.25) is 0 Å². The molecule has 1 aliphatic rings. The van der Waals surface area contributed by atoms with Crippen molar-refractivity contribution in [2.45, 2.75) is 20.0 Å². The van der Waals surface area contributed by atoms with Gasteiger partial charge in [-0.2, -0.15) is 0 Å². The van der Waals surface area contributed by atoms with E-state index in [1.807, 2.05) is 38.1 Å². The topological polar surface area (TPSA) is 55.8 Å². The maximum absolute atomic E-state index is 11.9. The molecule has 0 radical (unpaired) electrons. The first kappa shape index (κ1) is 16.2. The summed E-state index contributed by atoms with van der Waals surface area (Å²) in [6.07, 6.45) is 3.03. The van der Waals surface area contributed by atoms with E-state index >= 15 is 0 Å². The van der Waals surface area contributed by atoms with Crippen molar-refractivity contribution in [3.05, 3.63) is 41.5 Å². The number of esters is 1. The monoisotopic (exact) mass is 303 g/mol. The van der Waals surface area contributed by atoms with Gasteiger partial charge in [0.25, 0.3) is 5.91 Å². The summed E-state index contributed by atoms with van der Waals surface area (Å²) in [6.45, 7) is 5.28. The van der Waals surface area contributed by atoms with Gasteiger partial charge in [0.05, 0.1) is 12.7 Å². The highest BCUT2D eigenvalue weighted by Crippen LogP contribution is 2.06. The number of aryl methyl sites for hydroxylation is 1. The zero-order valence-electron chi connectivity index (χ0n) is 13.0. The van der Waals surface area contributed by atoms with Gasteiger partial charge in [-0.15, -0.1) is 0 Å². The molecule has 1 aliphatic heterocycles. The van der Waals surface area contributed by atoms with Crippen molar-refractivity contribution >= 4 is 18.0 Å². The average Bonchev–Trinajstić information content (AvgIpc) is 2.52. The first-order chi connectivity index (χ1) is 10.5. The van der Waals surface area contributed by atoms with Crippen LogP contribution in [0.1, 0.15) is 18.1 Å². The van der Waals surface area contributed by atoms with Crippen molar-refractivity contribution in [1.82, 2.24) is 4.90 Å². The molecule has 118 valence electrons. The lowest BCUT2D eigenvalue weighted by Crippen LogP contribution is -2.46. The normalized spacial score (nSPS) is 18.5. The van der Waals surface area contributed by atoms with Crippen LogP contribution in [-0.4, -0.2) is 49.2 Å². The van der Waals surface area contributed by atoms with Gasteiger partial charge in [-0.25, -0.2) is 4.79 Å². The largest absolute Gasteiger partial charge is 0.452 e. The Morgan fingerprint density at radius 1 is 1.36 bits per heavy atom. The summed E-state index contributed by atoms with van der Waals surface area (Å²) < 4.78 is 10.3. The predicted octanol–water partition coefficient (Wildman–Crippen LogP) is 1.80. The summed E-state index contributed by atoms with van der Waals surface area (Å²) >= 11 is 0. The molecule has 0 N–H and O–H groups in total. The summed E-state index contributed by atoms with van der Waals surface area (Å²) in [5.41, 5.74) is 2.07. The molecule has 2 rings (SSSR count). The molecule has 0 aliphatic carbocycles. The molecule has 1 heterocycles. The van der Waals surface area contributed by atoms with Crippen LogP contribution in [-0.2, 0) is 19.1 Å². The number of hydrogen-bond donors (Lipinski definition) is 0. The Morgan fingerprint density at radius 3 is 2.77 bits per heavy atom. The van der Waals surface area contributed by atoms with Crippen LogP contribution in [0.5, 0.6) is 0 Å². The molecule has 5 heteroatoms. The van der Waals surface area contributed by atoms with E-state index in [1.165, 1.54) is 6.08 Å². The van der Waals surface area contributed by atoms with Crippen LogP contribution in [0.15, 0.2) is 30.3 Å². The lowest BCUT2D eigenvalue weighted by Gasteiger charge is -2.30. The van der Waals surface area contributed by atoms with Crippen molar-refractivity contribution < 1.29 is 19.1 Å². The zero-order chi connectivity index (χ0) is 15.9. The highest BCUT2D eigenvalue weighted by Gasteiger charge is 2.21. The smallest absolute Gasteiger partial charge is 0.331 e. The van der Waals surface area contributed by atoms with E-state index < -0.39 is 5.97 Å². The number of benzene rings is 1. The van der Waals surface area contributed by atoms with Gasteiger partial charge in [0.2, 0.25) is 0 Å². The third-order valence-corrected chi connectivity index (χ3v) is 3.42. The van der Waals surface area contributed by atoms with E-state index in [0.717, 1.165) is 11.1 Å². The van der Waals surface area contributed by atoms with Crippen molar-refractivity contribution in [2.24, 2.45) is 0 Å². The molecule has 0 aromatic heterocycles. The van der Waals surface area contributed by atoms with Crippen LogP contribution in [0.3, 0.4) is 0 Å². The molecule has 1 saturated heterocycles. The standard InChI is InChI=1S/C17H21NO4/c1-13-3-5-15(6-4-13)7-8-17(20)22-12-16(19)18-9-10-21-14(2)11-18/h3-8,14H,9-12H2,1-2H3/b8-7+. The van der Waals surface area contributed by atoms with E-state index in [1.54, 1.807) is 11.0 Å². The third-order valence-electron chi connectivity index (χ3n) is 3.42. The van der Waals surface area contributed by atoms with Crippen LogP contribution in [0.25, 0.3) is 6.08 Å². The fourth-order valence-electron chi connectivity index (χ4n) is 2.16. The maximum Gasteiger partial charge on any atom is 0.331 e. The van der Waals surface area contributed by atoms with Crippen LogP contribution >= 0.6 is 0 Å². The average molecular weight is 303 g/mol. The molecule has 0 spiro atoms. The van der Waals surface area contributed by atoms with Gasteiger partial charge >= 0.3 is 5.97 Å². The highest BCUT2D eigenvalue weighted by molar-refractivity contribution is 5.89. The minimum Gasteiger partial charge on any atom is -0.452 e. The van der Waals surface area contributed by atoms with Crippen LogP contribution in [0.4, 0.5) is 0 Å². The number of ether oxygens (including phenoxy) is 2. The number of nitrogens with zero attached hydrogens (tertiary/aromatic N) is 1. The van der Waals surface area contributed by atoms with Gasteiger partial charge in [-0.3, -0.25) is 4.79 Å². The van der Waals surface area contributed by atoms with Gasteiger partial charge < -0.3 is 14.4 Å². The van der Waals surface area contributed by atoms with Gasteiger partial charge in [0.1, 0.15) is 0 Å². The minimum absolute atomic E-state index is 0.0230. The molecule has 0 saturated carbocycles. The lowest BCUT2D eigenvalue weighted by molar-refractivity contribution is -0.151. The summed E-state index contributed by atoms with van der Waals surface area (Å²) in [5, 5.41) is 0. The summed E-state index contributed by atoms with van der Waals surface area (Å²) in [4.78, 5) is 25.2. The molecule has 1 amide bonds. The first-order valence-electron chi connectivity index (χ1n) is 7.35. The number of carbonyl (C=O) groups excluding carboxylic acids is 2. The van der Waals surface area contributed by atoms with E-state index in [0.29, 0.717) is 19.7 Å². The Labute approximate surface area is 130 Å². The van der Waals surface area contributed by atoms with Crippen molar-refractivity contribution in [3.63, 3.8) is 0 Å². The Hall–Kier alpha value is -2.14. The molecule has 1 aromatic rings. The number of amides is 1. The molecule has 1 fully saturated rings. The number of rotatable bonds is 4. The number of carbonyl (C=O) groups is 2. The number of hydrogen-bond acceptors (Lipinski definition) is 4. The highest BCUT2D eigenvalue weighted by atomic mass is 16.5. The van der Waals surface area contributed by atoms with Crippen LogP contribution < -0.4 is 0 Å². The lowest BCUT2D eigenvalue weighted by atomic mass is 10.1. The second kappa shape index (κ2) is 7.75. The SMILES string of the molecule is Cc1ccc(/C=C/C(=O)OCC(=O)N2CCOC(C)C2)cc1. The molecule has 1 aromatic carbocycles. The summed E-state index contributed by atoms with van der Waals surface area (Å²) in [5.74, 6) is -0.706. The first-order valence-corrected chi connectivity index (χ1v) is 7.35. The fourth-order valence-corrected chi connectivity index (χ4v) is 2.16. The summed E-state index contributed by atoms with van der Waals surface area (Å²) in [7, 11) is 0. The Balaban J connectivity index is 1.77. The van der Waals surface area contributed by atoms with E-state index in [2.05, 4.69) is 0 Å². The predicted molar refractivity (Wildman–Crippen MR) is 83.2 cm³/mol. The summed E-state index contributed by atoms with van der Waals surface area (Å²) in [6, 6.07) is 7.76. The maximum atomic E-state index is 11.9. The Bertz CT molecular complexity index is 550. The second-order valence-corrected chi connectivity index (χ2v) is 5.37. The van der Waals surface area contributed by atoms with Gasteiger partial charge in [-0.1, -0.05) is 29.8 Å². The fraction of sp³-hybridized carbons (Fsp3) is 0.412. The molecule has 5 nitrogen and oxygen atoms in total. The number of morpholine rings is 1. The molecule has 0 bridgehead atoms. The van der Waals surface area contributed by atoms with E-state index in [-0.39, 0.29) is 18.6 Å². The quantitative estimate of drug-likeness (QED) is 0.629. The minimum atomic E-state index is -0.518. The van der Waals surface area contributed by atoms with Crippen molar-refractivity contribution in [1.29, 1.82) is 0 Å². The molecule has 22 heavy (non-hydrogen) atoms. The van der Waals surface area contributed by atoms with Crippen LogP contribution in [0, 0.1) is 6.92 Å².